The van der Waals surface area contributed by atoms with E-state index < -0.39 is 12.0 Å². The quantitative estimate of drug-likeness (QED) is 0.743. The molecule has 0 amide bonds. The molecule has 0 heterocycles. The summed E-state index contributed by atoms with van der Waals surface area (Å²) in [7, 11) is 1.25. The maximum absolute atomic E-state index is 11.6. The summed E-state index contributed by atoms with van der Waals surface area (Å²) in [5.74, 6) is -0.620. The first kappa shape index (κ1) is 12.4. The van der Waals surface area contributed by atoms with Gasteiger partial charge >= 0.3 is 5.97 Å². The van der Waals surface area contributed by atoms with Gasteiger partial charge in [0.2, 0.25) is 0 Å². The lowest BCUT2D eigenvalue weighted by atomic mass is 10.0. The summed E-state index contributed by atoms with van der Waals surface area (Å²) < 4.78 is 4.45. The molecule has 0 aliphatic rings. The Kier molecular flexibility index (Phi) is 4.66. The Labute approximate surface area is 94.4 Å². The highest BCUT2D eigenvalue weighted by Gasteiger charge is 2.17. The minimum absolute atomic E-state index is 0.0154. The normalized spacial score (nSPS) is 11.9. The summed E-state index contributed by atoms with van der Waals surface area (Å²) >= 11 is 0. The van der Waals surface area contributed by atoms with Gasteiger partial charge in [0, 0.05) is 12.8 Å². The topological polar surface area (TPSA) is 69.4 Å². The number of rotatable bonds is 5. The highest BCUT2D eigenvalue weighted by molar-refractivity contribution is 5.87. The smallest absolute Gasteiger partial charge is 0.323 e. The number of methoxy groups -OCH3 is 1. The van der Waals surface area contributed by atoms with Crippen molar-refractivity contribution >= 4 is 11.8 Å². The molecule has 0 radical (unpaired) electrons. The van der Waals surface area contributed by atoms with Gasteiger partial charge in [-0.2, -0.15) is 0 Å². The first-order valence-electron chi connectivity index (χ1n) is 5.02. The Bertz CT molecular complexity index is 362. The van der Waals surface area contributed by atoms with Crippen LogP contribution in [-0.2, 0) is 20.7 Å². The predicted octanol–water partition coefficient (Wildman–Crippen LogP) is 0.689. The summed E-state index contributed by atoms with van der Waals surface area (Å²) in [5, 5.41) is 0. The number of hydrogen-bond donors (Lipinski definition) is 1. The van der Waals surface area contributed by atoms with Crippen LogP contribution >= 0.6 is 0 Å². The minimum Gasteiger partial charge on any atom is -0.468 e. The molecule has 0 spiro atoms. The van der Waals surface area contributed by atoms with E-state index in [1.54, 1.807) is 0 Å². The molecule has 0 fully saturated rings. The van der Waals surface area contributed by atoms with Crippen LogP contribution in [0.4, 0.5) is 0 Å². The van der Waals surface area contributed by atoms with E-state index in [2.05, 4.69) is 4.74 Å². The van der Waals surface area contributed by atoms with E-state index in [1.165, 1.54) is 7.11 Å². The first-order valence-corrected chi connectivity index (χ1v) is 5.02. The second kappa shape index (κ2) is 6.02. The Hall–Kier alpha value is -1.68. The zero-order valence-electron chi connectivity index (χ0n) is 9.18. The zero-order valence-corrected chi connectivity index (χ0v) is 9.18. The van der Waals surface area contributed by atoms with Crippen LogP contribution in [0.2, 0.25) is 0 Å². The molecule has 0 bridgehead atoms. The first-order chi connectivity index (χ1) is 7.63. The summed E-state index contributed by atoms with van der Waals surface area (Å²) in [4.78, 5) is 22.6. The molecule has 1 unspecified atom stereocenters. The van der Waals surface area contributed by atoms with E-state index in [0.29, 0.717) is 6.42 Å². The molecule has 0 saturated heterocycles. The average molecular weight is 221 g/mol. The van der Waals surface area contributed by atoms with Crippen LogP contribution in [0.25, 0.3) is 0 Å². The number of ether oxygens (including phenoxy) is 1. The summed E-state index contributed by atoms with van der Waals surface area (Å²) in [5.41, 5.74) is 6.41. The van der Waals surface area contributed by atoms with Crippen molar-refractivity contribution < 1.29 is 14.3 Å². The number of benzene rings is 1. The van der Waals surface area contributed by atoms with Gasteiger partial charge in [-0.15, -0.1) is 0 Å². The summed E-state index contributed by atoms with van der Waals surface area (Å²) in [6.45, 7) is 0. The monoisotopic (exact) mass is 221 g/mol. The number of hydrogen-bond acceptors (Lipinski definition) is 4. The van der Waals surface area contributed by atoms with Gasteiger partial charge in [0.1, 0.15) is 11.8 Å². The van der Waals surface area contributed by atoms with Crippen LogP contribution in [0.15, 0.2) is 30.3 Å². The van der Waals surface area contributed by atoms with Gasteiger partial charge in [-0.3, -0.25) is 9.59 Å². The third kappa shape index (κ3) is 3.82. The van der Waals surface area contributed by atoms with Crippen LogP contribution < -0.4 is 5.73 Å². The fraction of sp³-hybridized carbons (Fsp3) is 0.333. The van der Waals surface area contributed by atoms with E-state index >= 15 is 0 Å². The maximum Gasteiger partial charge on any atom is 0.323 e. The molecular weight excluding hydrogens is 206 g/mol. The van der Waals surface area contributed by atoms with Crippen molar-refractivity contribution in [1.82, 2.24) is 0 Å². The maximum atomic E-state index is 11.6. The molecule has 0 saturated carbocycles. The zero-order chi connectivity index (χ0) is 12.0. The van der Waals surface area contributed by atoms with Gasteiger partial charge in [0.15, 0.2) is 0 Å². The second-order valence-electron chi connectivity index (χ2n) is 3.53. The van der Waals surface area contributed by atoms with Gasteiger partial charge < -0.3 is 10.5 Å². The standard InChI is InChI=1S/C12H15NO3/c1-16-12(15)11(13)8-10(14)7-9-5-3-2-4-6-9/h2-6,11H,7-8,13H2,1H3. The molecule has 4 heteroatoms. The molecule has 1 aromatic carbocycles. The molecule has 1 atom stereocenters. The van der Waals surface area contributed by atoms with Crippen LogP contribution in [0.3, 0.4) is 0 Å². The third-order valence-electron chi connectivity index (χ3n) is 2.20. The van der Waals surface area contributed by atoms with E-state index in [-0.39, 0.29) is 12.2 Å². The van der Waals surface area contributed by atoms with Gasteiger partial charge in [0.25, 0.3) is 0 Å². The Morgan fingerprint density at radius 1 is 1.31 bits per heavy atom. The molecule has 1 aromatic rings. The molecule has 0 aliphatic heterocycles. The summed E-state index contributed by atoms with van der Waals surface area (Å²) in [6, 6.07) is 8.48. The van der Waals surface area contributed by atoms with Crippen LogP contribution in [-0.4, -0.2) is 24.9 Å². The van der Waals surface area contributed by atoms with Gasteiger partial charge in [-0.05, 0) is 5.56 Å². The van der Waals surface area contributed by atoms with Crippen molar-refractivity contribution in [3.05, 3.63) is 35.9 Å². The Balaban J connectivity index is 2.45. The number of esters is 1. The highest BCUT2D eigenvalue weighted by atomic mass is 16.5. The molecule has 16 heavy (non-hydrogen) atoms. The second-order valence-corrected chi connectivity index (χ2v) is 3.53. The SMILES string of the molecule is COC(=O)C(N)CC(=O)Cc1ccccc1. The van der Waals surface area contributed by atoms with Gasteiger partial charge in [-0.25, -0.2) is 0 Å². The van der Waals surface area contributed by atoms with Crippen molar-refractivity contribution in [2.45, 2.75) is 18.9 Å². The molecule has 1 rings (SSSR count). The lowest BCUT2D eigenvalue weighted by Gasteiger charge is -2.07. The Morgan fingerprint density at radius 2 is 1.94 bits per heavy atom. The Morgan fingerprint density at radius 3 is 2.50 bits per heavy atom. The van der Waals surface area contributed by atoms with Crippen molar-refractivity contribution in [2.24, 2.45) is 5.73 Å². The molecule has 4 nitrogen and oxygen atoms in total. The van der Waals surface area contributed by atoms with E-state index in [9.17, 15) is 9.59 Å². The number of Topliss-reactive ketones (excluding diaryl/α,β-unsaturated/α-hetero) is 1. The van der Waals surface area contributed by atoms with Gasteiger partial charge in [0.05, 0.1) is 7.11 Å². The van der Waals surface area contributed by atoms with Crippen molar-refractivity contribution in [3.8, 4) is 0 Å². The summed E-state index contributed by atoms with van der Waals surface area (Å²) in [6.07, 6.45) is 0.313. The predicted molar refractivity (Wildman–Crippen MR) is 59.8 cm³/mol. The van der Waals surface area contributed by atoms with E-state index in [1.807, 2.05) is 30.3 Å². The molecule has 0 aliphatic carbocycles. The molecular formula is C12H15NO3. The van der Waals surface area contributed by atoms with Crippen molar-refractivity contribution in [3.63, 3.8) is 0 Å². The largest absolute Gasteiger partial charge is 0.468 e. The van der Waals surface area contributed by atoms with Crippen LogP contribution in [0.5, 0.6) is 0 Å². The van der Waals surface area contributed by atoms with E-state index in [0.717, 1.165) is 5.56 Å². The van der Waals surface area contributed by atoms with Crippen molar-refractivity contribution in [2.75, 3.05) is 7.11 Å². The molecule has 0 aromatic heterocycles. The number of carbonyl (C=O) groups is 2. The third-order valence-corrected chi connectivity index (χ3v) is 2.20. The van der Waals surface area contributed by atoms with Crippen LogP contribution in [0.1, 0.15) is 12.0 Å². The molecule has 86 valence electrons. The van der Waals surface area contributed by atoms with Crippen molar-refractivity contribution in [1.29, 1.82) is 0 Å². The lowest BCUT2D eigenvalue weighted by molar-refractivity contribution is -0.143. The highest BCUT2D eigenvalue weighted by Crippen LogP contribution is 2.03. The number of carbonyl (C=O) groups excluding carboxylic acids is 2. The number of nitrogens with two attached hydrogens (primary N) is 1. The lowest BCUT2D eigenvalue weighted by Crippen LogP contribution is -2.34. The fourth-order valence-corrected chi connectivity index (χ4v) is 1.38. The van der Waals surface area contributed by atoms with E-state index in [4.69, 9.17) is 5.73 Å². The van der Waals surface area contributed by atoms with Crippen LogP contribution in [0, 0.1) is 0 Å². The van der Waals surface area contributed by atoms with Gasteiger partial charge in [-0.1, -0.05) is 30.3 Å². The minimum atomic E-state index is -0.860. The molecule has 2 N–H and O–H groups in total. The fourth-order valence-electron chi connectivity index (χ4n) is 1.38. The number of ketones is 1. The average Bonchev–Trinajstić information content (AvgIpc) is 2.29.